The maximum Gasteiger partial charge on any atom is 0.325 e. The molecule has 4 rings (SSSR count). The van der Waals surface area contributed by atoms with Gasteiger partial charge >= 0.3 is 6.03 Å². The smallest absolute Gasteiger partial charge is 0.325 e. The molecule has 6 heteroatoms. The fourth-order valence-corrected chi connectivity index (χ4v) is 4.03. The van der Waals surface area contributed by atoms with Crippen LogP contribution >= 0.6 is 0 Å². The van der Waals surface area contributed by atoms with Crippen molar-refractivity contribution in [2.75, 3.05) is 13.2 Å². The number of aliphatic hydroxyl groups excluding tert-OH is 1. The van der Waals surface area contributed by atoms with Gasteiger partial charge in [-0.3, -0.25) is 9.69 Å². The van der Waals surface area contributed by atoms with E-state index in [4.69, 9.17) is 4.74 Å². The summed E-state index contributed by atoms with van der Waals surface area (Å²) in [4.78, 5) is 26.7. The third-order valence-corrected chi connectivity index (χ3v) is 5.81. The van der Waals surface area contributed by atoms with Crippen LogP contribution in [0.25, 0.3) is 0 Å². The molecule has 3 amide bonds. The van der Waals surface area contributed by atoms with Crippen LogP contribution in [0.3, 0.4) is 0 Å². The summed E-state index contributed by atoms with van der Waals surface area (Å²) in [5.41, 5.74) is 3.34. The van der Waals surface area contributed by atoms with Crippen LogP contribution in [-0.2, 0) is 23.2 Å². The normalized spacial score (nSPS) is 21.8. The SMILES string of the molecule is Cc1ccc(OC[C@@H](O)CN2C(=O)N[C@@](C)(c3ccc4c(c3)CCC4)C2=O)cc1. The Labute approximate surface area is 170 Å². The minimum absolute atomic E-state index is 0.00429. The van der Waals surface area contributed by atoms with Crippen molar-refractivity contribution in [3.8, 4) is 5.75 Å². The molecule has 2 aliphatic rings. The summed E-state index contributed by atoms with van der Waals surface area (Å²) < 4.78 is 5.57. The first-order valence-corrected chi connectivity index (χ1v) is 10.0. The molecule has 6 nitrogen and oxygen atoms in total. The van der Waals surface area contributed by atoms with Crippen molar-refractivity contribution in [1.82, 2.24) is 10.2 Å². The molecule has 0 aromatic heterocycles. The molecular formula is C23H26N2O4. The fourth-order valence-electron chi connectivity index (χ4n) is 4.03. The standard InChI is InChI=1S/C23H26N2O4/c1-15-6-10-20(11-7-15)29-14-19(26)13-25-21(27)23(2,24-22(25)28)18-9-8-16-4-3-5-17(16)12-18/h6-12,19,26H,3-5,13-14H2,1-2H3,(H,24,28)/t19-,23-/m0/s1. The first kappa shape index (κ1) is 19.5. The van der Waals surface area contributed by atoms with Crippen molar-refractivity contribution in [1.29, 1.82) is 0 Å². The van der Waals surface area contributed by atoms with Crippen LogP contribution in [0, 0.1) is 6.92 Å². The average molecular weight is 394 g/mol. The summed E-state index contributed by atoms with van der Waals surface area (Å²) in [6.07, 6.45) is 2.20. The lowest BCUT2D eigenvalue weighted by atomic mass is 9.89. The highest BCUT2D eigenvalue weighted by molar-refractivity contribution is 6.07. The van der Waals surface area contributed by atoms with E-state index in [1.54, 1.807) is 6.92 Å². The molecule has 2 N–H and O–H groups in total. The van der Waals surface area contributed by atoms with Crippen molar-refractivity contribution in [3.63, 3.8) is 0 Å². The Hall–Kier alpha value is -2.86. The van der Waals surface area contributed by atoms with Gasteiger partial charge in [-0.05, 0) is 61.9 Å². The van der Waals surface area contributed by atoms with Crippen LogP contribution in [-0.4, -0.2) is 41.2 Å². The molecule has 2 aromatic rings. The maximum absolute atomic E-state index is 13.1. The highest BCUT2D eigenvalue weighted by Gasteiger charge is 2.49. The fraction of sp³-hybridized carbons (Fsp3) is 0.391. The number of amides is 3. The summed E-state index contributed by atoms with van der Waals surface area (Å²) >= 11 is 0. The highest BCUT2D eigenvalue weighted by atomic mass is 16.5. The van der Waals surface area contributed by atoms with Crippen molar-refractivity contribution in [2.45, 2.75) is 44.8 Å². The predicted octanol–water partition coefficient (Wildman–Crippen LogP) is 2.69. The number of urea groups is 1. The molecule has 2 aromatic carbocycles. The van der Waals surface area contributed by atoms with Crippen LogP contribution < -0.4 is 10.1 Å². The van der Waals surface area contributed by atoms with Gasteiger partial charge in [-0.1, -0.05) is 35.9 Å². The third-order valence-electron chi connectivity index (χ3n) is 5.81. The zero-order valence-corrected chi connectivity index (χ0v) is 16.8. The van der Waals surface area contributed by atoms with Gasteiger partial charge in [0.1, 0.15) is 24.0 Å². The van der Waals surface area contributed by atoms with E-state index < -0.39 is 17.7 Å². The number of imide groups is 1. The number of hydrogen-bond acceptors (Lipinski definition) is 4. The second-order valence-corrected chi connectivity index (χ2v) is 8.09. The number of nitrogens with one attached hydrogen (secondary N) is 1. The molecule has 0 saturated carbocycles. The molecule has 152 valence electrons. The minimum Gasteiger partial charge on any atom is -0.491 e. The summed E-state index contributed by atoms with van der Waals surface area (Å²) in [6, 6.07) is 13.0. The number of β-amino-alcohol motifs (C(OH)–C–C–N with tert-alkyl or cyclic N) is 1. The first-order chi connectivity index (χ1) is 13.9. The molecule has 29 heavy (non-hydrogen) atoms. The third kappa shape index (κ3) is 3.72. The Morgan fingerprint density at radius 1 is 1.14 bits per heavy atom. The second-order valence-electron chi connectivity index (χ2n) is 8.09. The Balaban J connectivity index is 1.43. The van der Waals surface area contributed by atoms with Crippen LogP contribution in [0.2, 0.25) is 0 Å². The van der Waals surface area contributed by atoms with E-state index in [0.717, 1.165) is 35.3 Å². The van der Waals surface area contributed by atoms with Gasteiger partial charge in [0, 0.05) is 0 Å². The number of benzene rings is 2. The zero-order chi connectivity index (χ0) is 20.6. The lowest BCUT2D eigenvalue weighted by Crippen LogP contribution is -2.42. The van der Waals surface area contributed by atoms with Gasteiger partial charge in [-0.2, -0.15) is 0 Å². The van der Waals surface area contributed by atoms with E-state index in [-0.39, 0.29) is 19.1 Å². The van der Waals surface area contributed by atoms with E-state index in [2.05, 4.69) is 11.4 Å². The summed E-state index contributed by atoms with van der Waals surface area (Å²) in [5, 5.41) is 13.1. The van der Waals surface area contributed by atoms with Crippen molar-refractivity contribution in [2.24, 2.45) is 0 Å². The summed E-state index contributed by atoms with van der Waals surface area (Å²) in [7, 11) is 0. The number of rotatable bonds is 6. The first-order valence-electron chi connectivity index (χ1n) is 10.0. The van der Waals surface area contributed by atoms with E-state index in [0.29, 0.717) is 5.75 Å². The lowest BCUT2D eigenvalue weighted by Gasteiger charge is -2.24. The number of ether oxygens (including phenoxy) is 1. The molecule has 0 spiro atoms. The molecule has 0 radical (unpaired) electrons. The Kier molecular flexibility index (Phi) is 5.04. The van der Waals surface area contributed by atoms with E-state index in [1.807, 2.05) is 43.3 Å². The molecule has 1 saturated heterocycles. The van der Waals surface area contributed by atoms with Crippen molar-refractivity contribution >= 4 is 11.9 Å². The largest absolute Gasteiger partial charge is 0.491 e. The number of aliphatic hydroxyl groups is 1. The molecular weight excluding hydrogens is 368 g/mol. The quantitative estimate of drug-likeness (QED) is 0.739. The Bertz CT molecular complexity index is 940. The predicted molar refractivity (Wildman–Crippen MR) is 109 cm³/mol. The molecule has 0 bridgehead atoms. The van der Waals surface area contributed by atoms with Crippen LogP contribution in [0.15, 0.2) is 42.5 Å². The topological polar surface area (TPSA) is 78.9 Å². The average Bonchev–Trinajstić information content (AvgIpc) is 3.26. The number of fused-ring (bicyclic) bond motifs is 1. The number of carbonyl (C=O) groups excluding carboxylic acids is 2. The molecule has 1 aliphatic carbocycles. The van der Waals surface area contributed by atoms with Gasteiger partial charge in [-0.15, -0.1) is 0 Å². The van der Waals surface area contributed by atoms with Gasteiger partial charge < -0.3 is 15.2 Å². The molecule has 2 atom stereocenters. The summed E-state index contributed by atoms with van der Waals surface area (Å²) in [5.74, 6) is 0.282. The van der Waals surface area contributed by atoms with Crippen LogP contribution in [0.4, 0.5) is 4.79 Å². The second kappa shape index (κ2) is 7.52. The monoisotopic (exact) mass is 394 g/mol. The van der Waals surface area contributed by atoms with Gasteiger partial charge in [0.05, 0.1) is 6.54 Å². The number of nitrogens with zero attached hydrogens (tertiary/aromatic N) is 1. The highest BCUT2D eigenvalue weighted by Crippen LogP contribution is 2.32. The Morgan fingerprint density at radius 3 is 2.62 bits per heavy atom. The van der Waals surface area contributed by atoms with Crippen molar-refractivity contribution < 1.29 is 19.4 Å². The maximum atomic E-state index is 13.1. The number of carbonyl (C=O) groups is 2. The van der Waals surface area contributed by atoms with Crippen LogP contribution in [0.1, 0.15) is 35.6 Å². The number of hydrogen-bond donors (Lipinski definition) is 2. The molecule has 0 unspecified atom stereocenters. The van der Waals surface area contributed by atoms with E-state index >= 15 is 0 Å². The molecule has 1 aliphatic heterocycles. The molecule has 1 heterocycles. The van der Waals surface area contributed by atoms with E-state index in [1.165, 1.54) is 11.1 Å². The lowest BCUT2D eigenvalue weighted by molar-refractivity contribution is -0.132. The van der Waals surface area contributed by atoms with E-state index in [9.17, 15) is 14.7 Å². The number of aryl methyl sites for hydroxylation is 3. The van der Waals surface area contributed by atoms with Crippen LogP contribution in [0.5, 0.6) is 5.75 Å². The Morgan fingerprint density at radius 2 is 1.86 bits per heavy atom. The van der Waals surface area contributed by atoms with Gasteiger partial charge in [-0.25, -0.2) is 4.79 Å². The van der Waals surface area contributed by atoms with Crippen molar-refractivity contribution in [3.05, 3.63) is 64.7 Å². The zero-order valence-electron chi connectivity index (χ0n) is 16.8. The summed E-state index contributed by atoms with van der Waals surface area (Å²) in [6.45, 7) is 3.58. The van der Waals surface area contributed by atoms with Gasteiger partial charge in [0.25, 0.3) is 5.91 Å². The molecule has 1 fully saturated rings. The minimum atomic E-state index is -1.12. The van der Waals surface area contributed by atoms with Gasteiger partial charge in [0.2, 0.25) is 0 Å². The van der Waals surface area contributed by atoms with Gasteiger partial charge in [0.15, 0.2) is 0 Å².